The zero-order valence-electron chi connectivity index (χ0n) is 15.7. The molecule has 0 unspecified atom stereocenters. The molecule has 8 heteroatoms. The second-order valence-corrected chi connectivity index (χ2v) is 8.52. The molecule has 2 aromatic heterocycles. The third-order valence-electron chi connectivity index (χ3n) is 4.27. The molecule has 0 aliphatic rings. The lowest BCUT2D eigenvalue weighted by Crippen LogP contribution is -2.30. The standard InChI is InChI=1S/C21H19FN4OS2/c1-13-12-28-19(24-13)7-4-10-23-21(27)26-16-9-8-14(22)11-15(16)20-25-17-5-2-3-6-18(17)29-20/h2-3,5-6,8-9,11-12H,4,7,10H2,1H3,(H2,23,26,27). The number of aryl methyl sites for hydroxylation is 2. The van der Waals surface area contributed by atoms with Gasteiger partial charge in [0.2, 0.25) is 0 Å². The summed E-state index contributed by atoms with van der Waals surface area (Å²) >= 11 is 3.10. The maximum absolute atomic E-state index is 13.9. The van der Waals surface area contributed by atoms with Gasteiger partial charge in [-0.3, -0.25) is 0 Å². The number of hydrogen-bond donors (Lipinski definition) is 2. The molecule has 0 aliphatic carbocycles. The highest BCUT2D eigenvalue weighted by atomic mass is 32.1. The van der Waals surface area contributed by atoms with E-state index in [2.05, 4.69) is 20.6 Å². The van der Waals surface area contributed by atoms with E-state index in [1.807, 2.05) is 36.6 Å². The molecular weight excluding hydrogens is 407 g/mol. The molecule has 148 valence electrons. The molecule has 5 nitrogen and oxygen atoms in total. The second kappa shape index (κ2) is 8.67. The van der Waals surface area contributed by atoms with Crippen molar-refractivity contribution in [2.75, 3.05) is 11.9 Å². The zero-order chi connectivity index (χ0) is 20.2. The predicted molar refractivity (Wildman–Crippen MR) is 117 cm³/mol. The molecule has 0 atom stereocenters. The summed E-state index contributed by atoms with van der Waals surface area (Å²) in [4.78, 5) is 21.3. The van der Waals surface area contributed by atoms with E-state index in [1.165, 1.54) is 23.5 Å². The number of thiazole rings is 2. The highest BCUT2D eigenvalue weighted by molar-refractivity contribution is 7.21. The number of urea groups is 1. The average molecular weight is 427 g/mol. The number of fused-ring (bicyclic) bond motifs is 1. The van der Waals surface area contributed by atoms with Gasteiger partial charge in [-0.25, -0.2) is 19.2 Å². The van der Waals surface area contributed by atoms with Crippen molar-refractivity contribution in [2.24, 2.45) is 0 Å². The van der Waals surface area contributed by atoms with Crippen LogP contribution in [-0.2, 0) is 6.42 Å². The monoisotopic (exact) mass is 426 g/mol. The molecule has 2 heterocycles. The number of amides is 2. The van der Waals surface area contributed by atoms with E-state index in [9.17, 15) is 9.18 Å². The molecule has 4 aromatic rings. The quantitative estimate of drug-likeness (QED) is 0.393. The fraction of sp³-hybridized carbons (Fsp3) is 0.190. The van der Waals surface area contributed by atoms with Crippen LogP contribution in [0.4, 0.5) is 14.9 Å². The van der Waals surface area contributed by atoms with Crippen molar-refractivity contribution in [3.8, 4) is 10.6 Å². The normalized spacial score (nSPS) is 11.0. The molecule has 0 radical (unpaired) electrons. The number of nitrogens with one attached hydrogen (secondary N) is 2. The van der Waals surface area contributed by atoms with Crippen LogP contribution < -0.4 is 10.6 Å². The van der Waals surface area contributed by atoms with Crippen molar-refractivity contribution >= 4 is 44.6 Å². The number of rotatable bonds is 6. The van der Waals surface area contributed by atoms with Gasteiger partial charge in [0.05, 0.1) is 20.9 Å². The van der Waals surface area contributed by atoms with Crippen LogP contribution in [0.25, 0.3) is 20.8 Å². The molecular formula is C21H19FN4OS2. The Hall–Kier alpha value is -2.84. The summed E-state index contributed by atoms with van der Waals surface area (Å²) in [6.45, 7) is 2.50. The molecule has 2 aromatic carbocycles. The Balaban J connectivity index is 1.42. The van der Waals surface area contributed by atoms with E-state index in [-0.39, 0.29) is 11.8 Å². The Morgan fingerprint density at radius 1 is 1.17 bits per heavy atom. The predicted octanol–water partition coefficient (Wildman–Crippen LogP) is 5.62. The molecule has 2 N–H and O–H groups in total. The first kappa shape index (κ1) is 19.5. The van der Waals surface area contributed by atoms with Crippen LogP contribution >= 0.6 is 22.7 Å². The average Bonchev–Trinajstić information content (AvgIpc) is 3.32. The summed E-state index contributed by atoms with van der Waals surface area (Å²) in [5, 5.41) is 9.42. The number of carbonyl (C=O) groups is 1. The Kier molecular flexibility index (Phi) is 5.82. The first-order valence-electron chi connectivity index (χ1n) is 9.20. The number of carbonyl (C=O) groups excluding carboxylic acids is 1. The van der Waals surface area contributed by atoms with Crippen LogP contribution in [0.2, 0.25) is 0 Å². The van der Waals surface area contributed by atoms with Crippen LogP contribution in [0, 0.1) is 12.7 Å². The van der Waals surface area contributed by atoms with Gasteiger partial charge in [-0.05, 0) is 43.7 Å². The van der Waals surface area contributed by atoms with E-state index in [4.69, 9.17) is 0 Å². The Bertz CT molecular complexity index is 1120. The Morgan fingerprint density at radius 2 is 2.03 bits per heavy atom. The van der Waals surface area contributed by atoms with Crippen LogP contribution in [0.15, 0.2) is 47.8 Å². The number of para-hydroxylation sites is 1. The molecule has 2 amide bonds. The first-order chi connectivity index (χ1) is 14.1. The van der Waals surface area contributed by atoms with Crippen LogP contribution in [0.5, 0.6) is 0 Å². The second-order valence-electron chi connectivity index (χ2n) is 6.54. The molecule has 0 spiro atoms. The lowest BCUT2D eigenvalue weighted by molar-refractivity contribution is 0.252. The molecule has 0 fully saturated rings. The third-order valence-corrected chi connectivity index (χ3v) is 6.37. The van der Waals surface area contributed by atoms with Gasteiger partial charge in [-0.2, -0.15) is 0 Å². The number of aromatic nitrogens is 2. The third kappa shape index (κ3) is 4.78. The van der Waals surface area contributed by atoms with Crippen molar-refractivity contribution in [3.05, 3.63) is 64.4 Å². The maximum atomic E-state index is 13.9. The lowest BCUT2D eigenvalue weighted by atomic mass is 10.2. The van der Waals surface area contributed by atoms with Crippen molar-refractivity contribution < 1.29 is 9.18 Å². The van der Waals surface area contributed by atoms with E-state index in [1.54, 1.807) is 17.4 Å². The molecule has 0 aliphatic heterocycles. The number of anilines is 1. The first-order valence-corrected chi connectivity index (χ1v) is 10.9. The van der Waals surface area contributed by atoms with Gasteiger partial charge in [-0.1, -0.05) is 12.1 Å². The Morgan fingerprint density at radius 3 is 2.83 bits per heavy atom. The summed E-state index contributed by atoms with van der Waals surface area (Å²) < 4.78 is 14.9. The number of benzene rings is 2. The van der Waals surface area contributed by atoms with Gasteiger partial charge in [0.1, 0.15) is 10.8 Å². The fourth-order valence-electron chi connectivity index (χ4n) is 2.92. The minimum atomic E-state index is -0.371. The van der Waals surface area contributed by atoms with Crippen LogP contribution in [0.1, 0.15) is 17.1 Å². The van der Waals surface area contributed by atoms with Crippen LogP contribution in [0.3, 0.4) is 0 Å². The van der Waals surface area contributed by atoms with Crippen molar-refractivity contribution in [2.45, 2.75) is 19.8 Å². The molecule has 0 bridgehead atoms. The number of hydrogen-bond acceptors (Lipinski definition) is 5. The molecule has 0 saturated carbocycles. The van der Waals surface area contributed by atoms with E-state index in [0.717, 1.165) is 33.8 Å². The van der Waals surface area contributed by atoms with E-state index < -0.39 is 0 Å². The Labute approximate surface area is 175 Å². The SMILES string of the molecule is Cc1csc(CCCNC(=O)Nc2ccc(F)cc2-c2nc3ccccc3s2)n1. The van der Waals surface area contributed by atoms with Gasteiger partial charge in [-0.15, -0.1) is 22.7 Å². The van der Waals surface area contributed by atoms with E-state index >= 15 is 0 Å². The topological polar surface area (TPSA) is 66.9 Å². The maximum Gasteiger partial charge on any atom is 0.319 e. The lowest BCUT2D eigenvalue weighted by Gasteiger charge is -2.11. The van der Waals surface area contributed by atoms with Crippen molar-refractivity contribution in [1.29, 1.82) is 0 Å². The summed E-state index contributed by atoms with van der Waals surface area (Å²) in [5.41, 5.74) is 2.97. The molecule has 4 rings (SSSR count). The van der Waals surface area contributed by atoms with Crippen LogP contribution in [-0.4, -0.2) is 22.5 Å². The van der Waals surface area contributed by atoms with Crippen molar-refractivity contribution in [3.63, 3.8) is 0 Å². The minimum absolute atomic E-state index is 0.325. The summed E-state index contributed by atoms with van der Waals surface area (Å²) in [6.07, 6.45) is 1.63. The van der Waals surface area contributed by atoms with Gasteiger partial charge in [0, 0.05) is 29.6 Å². The van der Waals surface area contributed by atoms with Gasteiger partial charge >= 0.3 is 6.03 Å². The number of nitrogens with zero attached hydrogens (tertiary/aromatic N) is 2. The smallest absolute Gasteiger partial charge is 0.319 e. The summed E-state index contributed by atoms with van der Waals surface area (Å²) in [7, 11) is 0. The van der Waals surface area contributed by atoms with Crippen molar-refractivity contribution in [1.82, 2.24) is 15.3 Å². The summed E-state index contributed by atoms with van der Waals surface area (Å²) in [6, 6.07) is 11.7. The van der Waals surface area contributed by atoms with E-state index in [0.29, 0.717) is 22.8 Å². The highest BCUT2D eigenvalue weighted by Gasteiger charge is 2.14. The summed E-state index contributed by atoms with van der Waals surface area (Å²) in [5.74, 6) is -0.371. The van der Waals surface area contributed by atoms with Gasteiger partial charge in [0.25, 0.3) is 0 Å². The zero-order valence-corrected chi connectivity index (χ0v) is 17.4. The highest BCUT2D eigenvalue weighted by Crippen LogP contribution is 2.35. The molecule has 0 saturated heterocycles. The van der Waals surface area contributed by atoms with Gasteiger partial charge in [0.15, 0.2) is 0 Å². The number of halogens is 1. The molecule has 29 heavy (non-hydrogen) atoms. The fourth-order valence-corrected chi connectivity index (χ4v) is 4.73. The largest absolute Gasteiger partial charge is 0.338 e. The van der Waals surface area contributed by atoms with Gasteiger partial charge < -0.3 is 10.6 Å². The minimum Gasteiger partial charge on any atom is -0.338 e.